The van der Waals surface area contributed by atoms with E-state index < -0.39 is 0 Å². The van der Waals surface area contributed by atoms with Gasteiger partial charge in [-0.1, -0.05) is 0 Å². The van der Waals surface area contributed by atoms with E-state index in [4.69, 9.17) is 4.74 Å². The molecule has 2 atom stereocenters. The first-order chi connectivity index (χ1) is 9.49. The Bertz CT molecular complexity index is 453. The summed E-state index contributed by atoms with van der Waals surface area (Å²) < 4.78 is 18.7. The molecule has 1 fully saturated rings. The summed E-state index contributed by atoms with van der Waals surface area (Å²) in [5.74, 6) is 0.432. The highest BCUT2D eigenvalue weighted by Gasteiger charge is 2.31. The lowest BCUT2D eigenvalue weighted by Gasteiger charge is -2.27. The first-order valence-corrected chi connectivity index (χ1v) is 6.89. The third-order valence-electron chi connectivity index (χ3n) is 3.70. The Labute approximate surface area is 119 Å². The van der Waals surface area contributed by atoms with E-state index >= 15 is 0 Å². The molecule has 0 saturated carbocycles. The Hall–Kier alpha value is -1.17. The van der Waals surface area contributed by atoms with Gasteiger partial charge in [0.15, 0.2) is 0 Å². The van der Waals surface area contributed by atoms with Crippen LogP contribution in [-0.4, -0.2) is 61.3 Å². The molecule has 2 rings (SSSR count). The summed E-state index contributed by atoms with van der Waals surface area (Å²) in [6.45, 7) is 2.10. The molecule has 1 aromatic rings. The normalized spacial score (nSPS) is 23.5. The smallest absolute Gasteiger partial charge is 0.123 e. The molecular weight excluding hydrogens is 259 g/mol. The van der Waals surface area contributed by atoms with Crippen molar-refractivity contribution in [3.63, 3.8) is 0 Å². The highest BCUT2D eigenvalue weighted by Crippen LogP contribution is 2.26. The number of aliphatic hydroxyl groups excluding tert-OH is 1. The molecule has 1 aliphatic rings. The summed E-state index contributed by atoms with van der Waals surface area (Å²) in [5.41, 5.74) is 0.824. The Morgan fingerprint density at radius 1 is 1.45 bits per heavy atom. The predicted octanol–water partition coefficient (Wildman–Crippen LogP) is 1.33. The molecular formula is C15H23FN2O2. The zero-order chi connectivity index (χ0) is 14.7. The Morgan fingerprint density at radius 3 is 2.85 bits per heavy atom. The molecule has 0 amide bonds. The average Bonchev–Trinajstić information content (AvgIpc) is 2.69. The van der Waals surface area contributed by atoms with Crippen LogP contribution in [0.3, 0.4) is 0 Å². The Balaban J connectivity index is 2.13. The average molecular weight is 282 g/mol. The number of halogens is 1. The van der Waals surface area contributed by atoms with E-state index in [0.29, 0.717) is 18.8 Å². The second-order valence-electron chi connectivity index (χ2n) is 5.69. The maximum Gasteiger partial charge on any atom is 0.123 e. The fourth-order valence-corrected chi connectivity index (χ4v) is 2.85. The van der Waals surface area contributed by atoms with Gasteiger partial charge < -0.3 is 14.7 Å². The maximum atomic E-state index is 13.4. The standard InChI is InChI=1S/C15H23FN2O2/c1-17(2)9-13-7-14(19)10-18(13)8-11-6-12(16)4-5-15(11)20-3/h4-6,13-14,19H,7-10H2,1-3H3. The molecule has 1 aliphatic heterocycles. The molecule has 0 radical (unpaired) electrons. The van der Waals surface area contributed by atoms with E-state index in [1.807, 2.05) is 14.1 Å². The monoisotopic (exact) mass is 282 g/mol. The van der Waals surface area contributed by atoms with Crippen molar-refractivity contribution in [1.29, 1.82) is 0 Å². The van der Waals surface area contributed by atoms with Crippen LogP contribution in [0.1, 0.15) is 12.0 Å². The predicted molar refractivity (Wildman–Crippen MR) is 76.3 cm³/mol. The molecule has 1 saturated heterocycles. The zero-order valence-electron chi connectivity index (χ0n) is 12.3. The highest BCUT2D eigenvalue weighted by atomic mass is 19.1. The molecule has 20 heavy (non-hydrogen) atoms. The minimum atomic E-state index is -0.306. The molecule has 0 bridgehead atoms. The highest BCUT2D eigenvalue weighted by molar-refractivity contribution is 5.34. The lowest BCUT2D eigenvalue weighted by molar-refractivity contribution is 0.168. The van der Waals surface area contributed by atoms with Gasteiger partial charge in [0.2, 0.25) is 0 Å². The van der Waals surface area contributed by atoms with E-state index in [1.54, 1.807) is 13.2 Å². The minimum absolute atomic E-state index is 0.260. The van der Waals surface area contributed by atoms with Gasteiger partial charge in [-0.25, -0.2) is 4.39 Å². The summed E-state index contributed by atoms with van der Waals surface area (Å²) in [7, 11) is 5.63. The van der Waals surface area contributed by atoms with Crippen LogP contribution < -0.4 is 4.74 Å². The Morgan fingerprint density at radius 2 is 2.20 bits per heavy atom. The first kappa shape index (κ1) is 15.2. The summed E-state index contributed by atoms with van der Waals surface area (Å²) in [4.78, 5) is 4.31. The molecule has 1 N–H and O–H groups in total. The fraction of sp³-hybridized carbons (Fsp3) is 0.600. The van der Waals surface area contributed by atoms with Crippen molar-refractivity contribution < 1.29 is 14.2 Å². The number of likely N-dealkylation sites (tertiary alicyclic amines) is 1. The van der Waals surface area contributed by atoms with Gasteiger partial charge in [0.05, 0.1) is 13.2 Å². The minimum Gasteiger partial charge on any atom is -0.496 e. The zero-order valence-corrected chi connectivity index (χ0v) is 12.3. The quantitative estimate of drug-likeness (QED) is 0.884. The molecule has 2 unspecified atom stereocenters. The van der Waals surface area contributed by atoms with E-state index in [1.165, 1.54) is 12.1 Å². The van der Waals surface area contributed by atoms with Crippen molar-refractivity contribution in [1.82, 2.24) is 9.80 Å². The molecule has 4 nitrogen and oxygen atoms in total. The number of likely N-dealkylation sites (N-methyl/N-ethyl adjacent to an activating group) is 1. The van der Waals surface area contributed by atoms with E-state index in [9.17, 15) is 9.50 Å². The van der Waals surface area contributed by atoms with Gasteiger partial charge in [0.1, 0.15) is 11.6 Å². The topological polar surface area (TPSA) is 35.9 Å². The van der Waals surface area contributed by atoms with Crippen LogP contribution >= 0.6 is 0 Å². The number of ether oxygens (including phenoxy) is 1. The summed E-state index contributed by atoms with van der Waals surface area (Å²) in [5, 5.41) is 9.88. The lowest BCUT2D eigenvalue weighted by Crippen LogP contribution is -2.37. The number of β-amino-alcohol motifs (C(OH)–C–C–N with tert-alkyl or cyclic N) is 1. The third-order valence-corrected chi connectivity index (χ3v) is 3.70. The van der Waals surface area contributed by atoms with Crippen molar-refractivity contribution in [2.45, 2.75) is 25.1 Å². The van der Waals surface area contributed by atoms with Crippen molar-refractivity contribution in [3.8, 4) is 5.75 Å². The fourth-order valence-electron chi connectivity index (χ4n) is 2.85. The van der Waals surface area contributed by atoms with Crippen molar-refractivity contribution in [3.05, 3.63) is 29.6 Å². The van der Waals surface area contributed by atoms with Gasteiger partial charge in [-0.3, -0.25) is 4.90 Å². The largest absolute Gasteiger partial charge is 0.496 e. The van der Waals surface area contributed by atoms with Crippen LogP contribution in [0.5, 0.6) is 5.75 Å². The number of nitrogens with zero attached hydrogens (tertiary/aromatic N) is 2. The second kappa shape index (κ2) is 6.52. The van der Waals surface area contributed by atoms with E-state index in [-0.39, 0.29) is 18.0 Å². The molecule has 1 heterocycles. The molecule has 0 aromatic heterocycles. The van der Waals surface area contributed by atoms with Crippen LogP contribution in [-0.2, 0) is 6.54 Å². The van der Waals surface area contributed by atoms with Crippen LogP contribution in [0, 0.1) is 5.82 Å². The van der Waals surface area contributed by atoms with Crippen molar-refractivity contribution in [2.24, 2.45) is 0 Å². The lowest BCUT2D eigenvalue weighted by atomic mass is 10.1. The number of benzene rings is 1. The number of hydrogen-bond acceptors (Lipinski definition) is 4. The van der Waals surface area contributed by atoms with Gasteiger partial charge in [0, 0.05) is 31.2 Å². The van der Waals surface area contributed by atoms with Gasteiger partial charge in [-0.2, -0.15) is 0 Å². The maximum absolute atomic E-state index is 13.4. The number of methoxy groups -OCH3 is 1. The van der Waals surface area contributed by atoms with E-state index in [2.05, 4.69) is 9.80 Å². The Kier molecular flexibility index (Phi) is 4.96. The first-order valence-electron chi connectivity index (χ1n) is 6.89. The molecule has 5 heteroatoms. The number of aliphatic hydroxyl groups is 1. The summed E-state index contributed by atoms with van der Waals surface area (Å²) >= 11 is 0. The van der Waals surface area contributed by atoms with Crippen LogP contribution in [0.15, 0.2) is 18.2 Å². The van der Waals surface area contributed by atoms with Gasteiger partial charge in [0.25, 0.3) is 0 Å². The molecule has 112 valence electrons. The summed E-state index contributed by atoms with van der Waals surface area (Å²) in [6, 6.07) is 4.85. The second-order valence-corrected chi connectivity index (χ2v) is 5.69. The molecule has 0 aliphatic carbocycles. The molecule has 0 spiro atoms. The van der Waals surface area contributed by atoms with Crippen molar-refractivity contribution in [2.75, 3.05) is 34.3 Å². The molecule has 1 aromatic carbocycles. The van der Waals surface area contributed by atoms with Gasteiger partial charge in [-0.05, 0) is 38.7 Å². The van der Waals surface area contributed by atoms with Gasteiger partial charge in [-0.15, -0.1) is 0 Å². The summed E-state index contributed by atoms with van der Waals surface area (Å²) in [6.07, 6.45) is 0.454. The van der Waals surface area contributed by atoms with E-state index in [0.717, 1.165) is 18.5 Å². The van der Waals surface area contributed by atoms with Crippen LogP contribution in [0.2, 0.25) is 0 Å². The SMILES string of the molecule is COc1ccc(F)cc1CN1CC(O)CC1CN(C)C. The van der Waals surface area contributed by atoms with Crippen LogP contribution in [0.25, 0.3) is 0 Å². The third kappa shape index (κ3) is 3.69. The number of rotatable bonds is 5. The van der Waals surface area contributed by atoms with Gasteiger partial charge >= 0.3 is 0 Å². The number of hydrogen-bond donors (Lipinski definition) is 1. The van der Waals surface area contributed by atoms with Crippen molar-refractivity contribution >= 4 is 0 Å². The van der Waals surface area contributed by atoms with Crippen LogP contribution in [0.4, 0.5) is 4.39 Å².